The summed E-state index contributed by atoms with van der Waals surface area (Å²) in [5.74, 6) is 2.86. The van der Waals surface area contributed by atoms with Crippen molar-refractivity contribution in [2.75, 3.05) is 56.0 Å². The lowest BCUT2D eigenvalue weighted by molar-refractivity contribution is 0.0376. The monoisotopic (exact) mass is 396 g/mol. The number of fused-ring (bicyclic) bond motifs is 3. The number of hydrogen-bond acceptors (Lipinski definition) is 7. The Bertz CT molecular complexity index is 970. The van der Waals surface area contributed by atoms with Gasteiger partial charge < -0.3 is 9.64 Å². The molecule has 5 rings (SSSR count). The number of imidazole rings is 1. The topological polar surface area (TPSA) is 67.5 Å². The third-order valence-corrected chi connectivity index (χ3v) is 5.80. The van der Waals surface area contributed by atoms with Crippen LogP contribution in [-0.4, -0.2) is 75.4 Å². The second-order valence-electron chi connectivity index (χ2n) is 7.80. The molecule has 0 N–H and O–H groups in total. The molecule has 0 amide bonds. The maximum Gasteiger partial charge on any atom is 0.209 e. The molecular formula is C20H28N8O. The predicted octanol–water partition coefficient (Wildman–Crippen LogP) is 1.34. The molecule has 2 aliphatic rings. The SMILES string of the molecule is Cc1nnc(C)n1N1CN(CCCN2CCOCC2)c2nc3ccccc3n2C1. The first kappa shape index (κ1) is 18.4. The zero-order valence-electron chi connectivity index (χ0n) is 17.2. The van der Waals surface area contributed by atoms with Crippen molar-refractivity contribution in [1.82, 2.24) is 29.3 Å². The molecule has 1 aromatic carbocycles. The number of nitrogens with zero attached hydrogens (tertiary/aromatic N) is 8. The van der Waals surface area contributed by atoms with E-state index < -0.39 is 0 Å². The van der Waals surface area contributed by atoms with Crippen LogP contribution >= 0.6 is 0 Å². The molecule has 1 saturated heterocycles. The lowest BCUT2D eigenvalue weighted by Gasteiger charge is -2.39. The Morgan fingerprint density at radius 3 is 2.52 bits per heavy atom. The Balaban J connectivity index is 1.41. The molecule has 1 fully saturated rings. The first-order valence-corrected chi connectivity index (χ1v) is 10.3. The highest BCUT2D eigenvalue weighted by atomic mass is 16.5. The summed E-state index contributed by atoms with van der Waals surface area (Å²) >= 11 is 0. The average Bonchev–Trinajstić information content (AvgIpc) is 3.28. The van der Waals surface area contributed by atoms with Gasteiger partial charge in [0.1, 0.15) is 25.0 Å². The van der Waals surface area contributed by atoms with E-state index in [1.54, 1.807) is 0 Å². The molecule has 0 radical (unpaired) electrons. The Morgan fingerprint density at radius 1 is 0.966 bits per heavy atom. The molecule has 3 aromatic rings. The Morgan fingerprint density at radius 2 is 1.72 bits per heavy atom. The van der Waals surface area contributed by atoms with Crippen molar-refractivity contribution < 1.29 is 4.74 Å². The van der Waals surface area contributed by atoms with Gasteiger partial charge in [-0.3, -0.25) is 14.5 Å². The molecule has 0 aliphatic carbocycles. The maximum absolute atomic E-state index is 5.47. The van der Waals surface area contributed by atoms with E-state index in [9.17, 15) is 0 Å². The van der Waals surface area contributed by atoms with Crippen LogP contribution in [0.4, 0.5) is 5.95 Å². The van der Waals surface area contributed by atoms with Gasteiger partial charge in [-0.15, -0.1) is 10.2 Å². The Kier molecular flexibility index (Phi) is 4.84. The average molecular weight is 396 g/mol. The van der Waals surface area contributed by atoms with Crippen molar-refractivity contribution in [3.8, 4) is 0 Å². The maximum atomic E-state index is 5.47. The van der Waals surface area contributed by atoms with Gasteiger partial charge in [-0.2, -0.15) is 0 Å². The van der Waals surface area contributed by atoms with Gasteiger partial charge in [0.25, 0.3) is 0 Å². The molecular weight excluding hydrogens is 368 g/mol. The zero-order valence-corrected chi connectivity index (χ0v) is 17.2. The van der Waals surface area contributed by atoms with E-state index in [4.69, 9.17) is 9.72 Å². The minimum atomic E-state index is 0.732. The number of benzene rings is 1. The number of rotatable bonds is 5. The number of ether oxygens (including phenoxy) is 1. The Labute approximate surface area is 170 Å². The molecule has 29 heavy (non-hydrogen) atoms. The fraction of sp³-hybridized carbons (Fsp3) is 0.550. The summed E-state index contributed by atoms with van der Waals surface area (Å²) in [6.45, 7) is 11.3. The van der Waals surface area contributed by atoms with Crippen LogP contribution in [-0.2, 0) is 11.4 Å². The predicted molar refractivity (Wildman–Crippen MR) is 112 cm³/mol. The van der Waals surface area contributed by atoms with Gasteiger partial charge in [-0.05, 0) is 32.4 Å². The van der Waals surface area contributed by atoms with E-state index in [0.717, 1.165) is 87.8 Å². The van der Waals surface area contributed by atoms with Crippen LogP contribution in [0.2, 0.25) is 0 Å². The normalized spacial score (nSPS) is 17.9. The van der Waals surface area contributed by atoms with E-state index in [1.807, 2.05) is 13.8 Å². The minimum absolute atomic E-state index is 0.732. The van der Waals surface area contributed by atoms with E-state index in [2.05, 4.69) is 58.5 Å². The van der Waals surface area contributed by atoms with Crippen molar-refractivity contribution in [3.05, 3.63) is 35.9 Å². The van der Waals surface area contributed by atoms with Crippen LogP contribution in [0.25, 0.3) is 11.0 Å². The van der Waals surface area contributed by atoms with E-state index in [1.165, 1.54) is 0 Å². The largest absolute Gasteiger partial charge is 0.379 e. The lowest BCUT2D eigenvalue weighted by atomic mass is 10.3. The molecule has 0 bridgehead atoms. The molecule has 4 heterocycles. The molecule has 0 saturated carbocycles. The van der Waals surface area contributed by atoms with E-state index in [0.29, 0.717) is 0 Å². The van der Waals surface area contributed by atoms with Gasteiger partial charge in [0.05, 0.1) is 24.2 Å². The quantitative estimate of drug-likeness (QED) is 0.645. The molecule has 0 atom stereocenters. The van der Waals surface area contributed by atoms with Crippen LogP contribution in [0.15, 0.2) is 24.3 Å². The third kappa shape index (κ3) is 3.44. The molecule has 9 nitrogen and oxygen atoms in total. The number of aromatic nitrogens is 5. The number of morpholine rings is 1. The molecule has 0 spiro atoms. The van der Waals surface area contributed by atoms with Gasteiger partial charge in [-0.25, -0.2) is 9.66 Å². The summed E-state index contributed by atoms with van der Waals surface area (Å²) in [4.78, 5) is 9.82. The fourth-order valence-corrected chi connectivity index (χ4v) is 4.39. The first-order valence-electron chi connectivity index (χ1n) is 10.3. The van der Waals surface area contributed by atoms with Crippen LogP contribution in [0.3, 0.4) is 0 Å². The van der Waals surface area contributed by atoms with Crippen molar-refractivity contribution in [1.29, 1.82) is 0 Å². The lowest BCUT2D eigenvalue weighted by Crippen LogP contribution is -2.51. The highest BCUT2D eigenvalue weighted by Gasteiger charge is 2.27. The highest BCUT2D eigenvalue weighted by molar-refractivity contribution is 5.79. The van der Waals surface area contributed by atoms with Crippen LogP contribution in [0.5, 0.6) is 0 Å². The van der Waals surface area contributed by atoms with Crippen LogP contribution < -0.4 is 9.91 Å². The minimum Gasteiger partial charge on any atom is -0.379 e. The smallest absolute Gasteiger partial charge is 0.209 e. The van der Waals surface area contributed by atoms with Gasteiger partial charge >= 0.3 is 0 Å². The molecule has 2 aromatic heterocycles. The van der Waals surface area contributed by atoms with Gasteiger partial charge in [0, 0.05) is 26.2 Å². The molecule has 2 aliphatic heterocycles. The number of anilines is 1. The van der Waals surface area contributed by atoms with Gasteiger partial charge in [0.15, 0.2) is 0 Å². The molecule has 0 unspecified atom stereocenters. The second-order valence-corrected chi connectivity index (χ2v) is 7.80. The number of hydrogen-bond donors (Lipinski definition) is 0. The summed E-state index contributed by atoms with van der Waals surface area (Å²) < 4.78 is 9.88. The van der Waals surface area contributed by atoms with Gasteiger partial charge in [-0.1, -0.05) is 12.1 Å². The second kappa shape index (κ2) is 7.64. The summed E-state index contributed by atoms with van der Waals surface area (Å²) in [6.07, 6.45) is 1.09. The number of para-hydroxylation sites is 2. The standard InChI is InChI=1S/C20H28N8O/c1-16-22-23-17(2)28(16)26-14-25(9-5-8-24-10-12-29-13-11-24)20-21-18-6-3-4-7-19(18)27(20)15-26/h3-4,6-7H,5,8-15H2,1-2H3. The first-order chi connectivity index (χ1) is 14.2. The van der Waals surface area contributed by atoms with Gasteiger partial charge in [0.2, 0.25) is 5.95 Å². The number of aryl methyl sites for hydroxylation is 2. The summed E-state index contributed by atoms with van der Waals surface area (Å²) in [5.41, 5.74) is 2.20. The van der Waals surface area contributed by atoms with Crippen molar-refractivity contribution in [2.45, 2.75) is 26.9 Å². The van der Waals surface area contributed by atoms with Crippen molar-refractivity contribution in [3.63, 3.8) is 0 Å². The highest BCUT2D eigenvalue weighted by Crippen LogP contribution is 2.27. The fourth-order valence-electron chi connectivity index (χ4n) is 4.39. The summed E-state index contributed by atoms with van der Waals surface area (Å²) in [6, 6.07) is 8.36. The third-order valence-electron chi connectivity index (χ3n) is 5.80. The van der Waals surface area contributed by atoms with Crippen LogP contribution in [0.1, 0.15) is 18.1 Å². The zero-order chi connectivity index (χ0) is 19.8. The summed E-state index contributed by atoms with van der Waals surface area (Å²) in [7, 11) is 0. The molecule has 9 heteroatoms. The van der Waals surface area contributed by atoms with Crippen LogP contribution in [0, 0.1) is 13.8 Å². The van der Waals surface area contributed by atoms with Crippen molar-refractivity contribution >= 4 is 17.0 Å². The van der Waals surface area contributed by atoms with E-state index >= 15 is 0 Å². The Hall–Kier alpha value is -2.65. The summed E-state index contributed by atoms with van der Waals surface area (Å²) in [5, 5.41) is 10.8. The van der Waals surface area contributed by atoms with E-state index in [-0.39, 0.29) is 0 Å². The molecule has 154 valence electrons. The van der Waals surface area contributed by atoms with Crippen molar-refractivity contribution in [2.24, 2.45) is 0 Å².